The quantitative estimate of drug-likeness (QED) is 0.0222. The largest absolute Gasteiger partial charge is 0.394 e. The van der Waals surface area contributed by atoms with Gasteiger partial charge in [0.15, 0.2) is 18.9 Å². The second kappa shape index (κ2) is 45.6. The number of ether oxygens (including phenoxy) is 6. The maximum absolute atomic E-state index is 13.3. The molecule has 19 nitrogen and oxygen atoms in total. The van der Waals surface area contributed by atoms with Crippen LogP contribution < -0.4 is 5.32 Å². The summed E-state index contributed by atoms with van der Waals surface area (Å²) in [7, 11) is 0. The molecule has 19 heteroatoms. The van der Waals surface area contributed by atoms with Crippen LogP contribution in [0.5, 0.6) is 0 Å². The number of unbranched alkanes of at least 4 members (excludes halogenated alkanes) is 30. The van der Waals surface area contributed by atoms with Gasteiger partial charge in [-0.2, -0.15) is 0 Å². The van der Waals surface area contributed by atoms with Crippen molar-refractivity contribution < 1.29 is 89.4 Å². The van der Waals surface area contributed by atoms with Gasteiger partial charge in [-0.25, -0.2) is 0 Å². The first kappa shape index (κ1) is 73.5. The van der Waals surface area contributed by atoms with Crippen LogP contribution in [0.25, 0.3) is 0 Å². The van der Waals surface area contributed by atoms with Crippen molar-refractivity contribution in [3.63, 3.8) is 0 Å². The van der Waals surface area contributed by atoms with Gasteiger partial charge in [0.1, 0.15) is 73.2 Å². The van der Waals surface area contributed by atoms with Crippen LogP contribution in [0.4, 0.5) is 0 Å². The molecule has 0 aromatic carbocycles. The Morgan fingerprint density at radius 1 is 0.432 bits per heavy atom. The highest BCUT2D eigenvalue weighted by atomic mass is 16.8. The average molecular weight is 1160 g/mol. The van der Waals surface area contributed by atoms with Crippen molar-refractivity contribution in [2.24, 2.45) is 0 Å². The van der Waals surface area contributed by atoms with Gasteiger partial charge >= 0.3 is 0 Å². The minimum atomic E-state index is -1.98. The van der Waals surface area contributed by atoms with E-state index in [2.05, 4.69) is 31.3 Å². The molecule has 17 unspecified atom stereocenters. The predicted octanol–water partition coefficient (Wildman–Crippen LogP) is 6.71. The average Bonchev–Trinajstić information content (AvgIpc) is 3.52. The number of hydrogen-bond donors (Lipinski definition) is 12. The highest BCUT2D eigenvalue weighted by Crippen LogP contribution is 2.33. The summed E-state index contributed by atoms with van der Waals surface area (Å²) < 4.78 is 34.3. The minimum Gasteiger partial charge on any atom is -0.394 e. The summed E-state index contributed by atoms with van der Waals surface area (Å²) in [6.07, 6.45) is 21.5. The molecular formula is C62H115NO18. The summed E-state index contributed by atoms with van der Waals surface area (Å²) in [6.45, 7) is 1.73. The number of allylic oxidation sites excluding steroid dienone is 3. The van der Waals surface area contributed by atoms with E-state index < -0.39 is 124 Å². The molecule has 0 aromatic rings. The minimum absolute atomic E-state index is 0.235. The van der Waals surface area contributed by atoms with Crippen molar-refractivity contribution in [1.82, 2.24) is 5.32 Å². The van der Waals surface area contributed by atoms with E-state index in [-0.39, 0.29) is 18.9 Å². The molecule has 17 atom stereocenters. The first-order valence-electron chi connectivity index (χ1n) is 32.1. The molecular weight excluding hydrogens is 1050 g/mol. The number of nitrogens with one attached hydrogen (secondary N) is 1. The van der Waals surface area contributed by atoms with Crippen LogP contribution in [-0.4, -0.2) is 193 Å². The molecule has 1 amide bonds. The van der Waals surface area contributed by atoms with Crippen LogP contribution in [0.2, 0.25) is 0 Å². The van der Waals surface area contributed by atoms with E-state index in [1.54, 1.807) is 6.08 Å². The van der Waals surface area contributed by atoms with Gasteiger partial charge in [-0.1, -0.05) is 205 Å². The SMILES string of the molecule is CCCCCCCC/C=C\CCCCCCCC(=O)NC(COC1OC(CO)C(OC2OC(CO)C(OC3OC(CO)C(O)C(O)C3O)C(O)C2O)C(O)C1O)C(O)/C=C/CCCCCCCCCCCCCCCCCCCCC. The molecule has 3 saturated heterocycles. The summed E-state index contributed by atoms with van der Waals surface area (Å²) in [5.74, 6) is -0.283. The lowest BCUT2D eigenvalue weighted by molar-refractivity contribution is -0.379. The molecule has 3 rings (SSSR count). The van der Waals surface area contributed by atoms with E-state index in [1.807, 2.05) is 6.08 Å². The van der Waals surface area contributed by atoms with Gasteiger partial charge in [-0.3, -0.25) is 4.79 Å². The molecule has 12 N–H and O–H groups in total. The first-order valence-corrected chi connectivity index (χ1v) is 32.1. The zero-order valence-corrected chi connectivity index (χ0v) is 49.8. The molecule has 0 aliphatic carbocycles. The Bertz CT molecular complexity index is 1580. The van der Waals surface area contributed by atoms with E-state index in [4.69, 9.17) is 28.4 Å². The molecule has 0 aromatic heterocycles. The number of hydrogen-bond acceptors (Lipinski definition) is 18. The fourth-order valence-corrected chi connectivity index (χ4v) is 11.0. The topological polar surface area (TPSA) is 307 Å². The van der Waals surface area contributed by atoms with Gasteiger partial charge in [0.25, 0.3) is 0 Å². The predicted molar refractivity (Wildman–Crippen MR) is 310 cm³/mol. The Kier molecular flexibility index (Phi) is 41.4. The molecule has 0 saturated carbocycles. The summed E-state index contributed by atoms with van der Waals surface area (Å²) in [6, 6.07) is -0.975. The highest BCUT2D eigenvalue weighted by molar-refractivity contribution is 5.76. The maximum Gasteiger partial charge on any atom is 0.220 e. The Hall–Kier alpha value is -1.73. The molecule has 3 aliphatic rings. The van der Waals surface area contributed by atoms with Crippen LogP contribution in [-0.2, 0) is 33.2 Å². The summed E-state index contributed by atoms with van der Waals surface area (Å²) in [5, 5.41) is 120. The van der Waals surface area contributed by atoms with E-state index in [1.165, 1.54) is 141 Å². The van der Waals surface area contributed by atoms with Gasteiger partial charge in [0.05, 0.1) is 38.6 Å². The summed E-state index contributed by atoms with van der Waals surface area (Å²) in [4.78, 5) is 13.3. The third-order valence-electron chi connectivity index (χ3n) is 16.2. The lowest BCUT2D eigenvalue weighted by Gasteiger charge is -2.48. The molecule has 81 heavy (non-hydrogen) atoms. The molecule has 3 heterocycles. The second-order valence-corrected chi connectivity index (χ2v) is 23.2. The normalized spacial score (nSPS) is 29.9. The van der Waals surface area contributed by atoms with Crippen LogP contribution in [0, 0.1) is 0 Å². The van der Waals surface area contributed by atoms with Crippen molar-refractivity contribution in [2.75, 3.05) is 26.4 Å². The molecule has 0 radical (unpaired) electrons. The first-order chi connectivity index (χ1) is 39.3. The lowest BCUT2D eigenvalue weighted by atomic mass is 9.96. The van der Waals surface area contributed by atoms with E-state index in [0.29, 0.717) is 6.42 Å². The van der Waals surface area contributed by atoms with Crippen molar-refractivity contribution in [2.45, 2.75) is 336 Å². The highest BCUT2D eigenvalue weighted by Gasteiger charge is 2.53. The van der Waals surface area contributed by atoms with Crippen LogP contribution in [0.15, 0.2) is 24.3 Å². The van der Waals surface area contributed by atoms with Gasteiger partial charge in [-0.15, -0.1) is 0 Å². The standard InChI is InChI=1S/C62H115NO18/c1-3-5-7-9-11-13-15-17-19-20-21-22-23-24-26-27-29-31-33-35-37-39-46(67)45(63-50(68)40-38-36-34-32-30-28-25-18-16-14-12-10-8-6-4-2)44-76-60-56(74)53(71)58(48(42-65)78-60)81-62-57(75)54(72)59(49(43-66)79-62)80-61-55(73)52(70)51(69)47(41-64)77-61/h18,25,37,39,45-49,51-62,64-67,69-75H,3-17,19-24,26-36,38,40-44H2,1-2H3,(H,63,68)/b25-18-,39-37+. The molecule has 3 aliphatic heterocycles. The van der Waals surface area contributed by atoms with Gasteiger partial charge in [0.2, 0.25) is 5.91 Å². The van der Waals surface area contributed by atoms with Crippen molar-refractivity contribution >= 4 is 5.91 Å². The Labute approximate surface area is 486 Å². The van der Waals surface area contributed by atoms with Crippen molar-refractivity contribution in [1.29, 1.82) is 0 Å². The smallest absolute Gasteiger partial charge is 0.220 e. The number of aliphatic hydroxyl groups excluding tert-OH is 11. The van der Waals surface area contributed by atoms with E-state index >= 15 is 0 Å². The van der Waals surface area contributed by atoms with Crippen LogP contribution in [0.3, 0.4) is 0 Å². The molecule has 0 spiro atoms. The van der Waals surface area contributed by atoms with Crippen LogP contribution in [0.1, 0.15) is 232 Å². The third kappa shape index (κ3) is 29.0. The molecule has 0 bridgehead atoms. The molecule has 3 fully saturated rings. The fourth-order valence-electron chi connectivity index (χ4n) is 11.0. The number of carbonyl (C=O) groups is 1. The van der Waals surface area contributed by atoms with Gasteiger partial charge in [-0.05, 0) is 44.9 Å². The molecule has 476 valence electrons. The van der Waals surface area contributed by atoms with Crippen molar-refractivity contribution in [3.05, 3.63) is 24.3 Å². The summed E-state index contributed by atoms with van der Waals surface area (Å²) in [5.41, 5.74) is 0. The number of rotatable bonds is 48. The third-order valence-corrected chi connectivity index (χ3v) is 16.2. The van der Waals surface area contributed by atoms with E-state index in [9.17, 15) is 61.0 Å². The van der Waals surface area contributed by atoms with Crippen molar-refractivity contribution in [3.8, 4) is 0 Å². The number of amides is 1. The Morgan fingerprint density at radius 2 is 0.778 bits per heavy atom. The number of aliphatic hydroxyl groups is 11. The Morgan fingerprint density at radius 3 is 1.20 bits per heavy atom. The van der Waals surface area contributed by atoms with Gasteiger partial charge in [0, 0.05) is 6.42 Å². The fraction of sp³-hybridized carbons (Fsp3) is 0.919. The second-order valence-electron chi connectivity index (χ2n) is 23.2. The summed E-state index contributed by atoms with van der Waals surface area (Å²) >= 11 is 0. The zero-order valence-electron chi connectivity index (χ0n) is 49.8. The monoisotopic (exact) mass is 1160 g/mol. The van der Waals surface area contributed by atoms with Gasteiger partial charge < -0.3 is 89.9 Å². The van der Waals surface area contributed by atoms with Crippen LogP contribution >= 0.6 is 0 Å². The number of carbonyl (C=O) groups excluding carboxylic acids is 1. The zero-order chi connectivity index (χ0) is 59.0. The maximum atomic E-state index is 13.3. The Balaban J connectivity index is 1.48. The van der Waals surface area contributed by atoms with E-state index in [0.717, 1.165) is 64.2 Å². The lowest BCUT2D eigenvalue weighted by Crippen LogP contribution is -2.66.